The molecule has 0 spiro atoms. The van der Waals surface area contributed by atoms with Crippen molar-refractivity contribution < 1.29 is 4.74 Å². The maximum Gasteiger partial charge on any atom is 0.0582 e. The highest BCUT2D eigenvalue weighted by Gasteiger charge is 2.28. The van der Waals surface area contributed by atoms with Crippen LogP contribution in [-0.4, -0.2) is 12.2 Å². The lowest BCUT2D eigenvalue weighted by atomic mass is 10.1. The molecule has 2 aliphatic rings. The molecule has 8 heavy (non-hydrogen) atoms. The molecule has 2 atom stereocenters. The Kier molecular flexibility index (Phi) is 1.04. The molecule has 1 radical (unpaired) electrons. The summed E-state index contributed by atoms with van der Waals surface area (Å²) in [6, 6.07) is 0. The fraction of sp³-hybridized carbons (Fsp3) is 0.857. The molecule has 2 heterocycles. The molecule has 0 aliphatic carbocycles. The summed E-state index contributed by atoms with van der Waals surface area (Å²) in [5, 5.41) is 0. The molecule has 1 nitrogen and oxygen atoms in total. The second kappa shape index (κ2) is 1.73. The van der Waals surface area contributed by atoms with Crippen LogP contribution in [0.15, 0.2) is 0 Å². The van der Waals surface area contributed by atoms with Gasteiger partial charge in [-0.3, -0.25) is 0 Å². The fourth-order valence-corrected chi connectivity index (χ4v) is 1.59. The Morgan fingerprint density at radius 3 is 2.25 bits per heavy atom. The number of fused-ring (bicyclic) bond motifs is 2. The molecule has 2 aliphatic heterocycles. The predicted octanol–water partition coefficient (Wildman–Crippen LogP) is 1.53. The normalized spacial score (nSPS) is 45.0. The molecule has 2 rings (SSSR count). The van der Waals surface area contributed by atoms with Gasteiger partial charge in [-0.05, 0) is 32.1 Å². The van der Waals surface area contributed by atoms with Crippen molar-refractivity contribution in [3.8, 4) is 0 Å². The van der Waals surface area contributed by atoms with E-state index in [2.05, 4.69) is 6.42 Å². The van der Waals surface area contributed by atoms with Gasteiger partial charge in [0, 0.05) is 0 Å². The van der Waals surface area contributed by atoms with E-state index in [-0.39, 0.29) is 0 Å². The highest BCUT2D eigenvalue weighted by atomic mass is 16.5. The number of ether oxygens (including phenoxy) is 1. The summed E-state index contributed by atoms with van der Waals surface area (Å²) in [5.41, 5.74) is 0. The highest BCUT2D eigenvalue weighted by molar-refractivity contribution is 4.87. The van der Waals surface area contributed by atoms with Crippen LogP contribution in [-0.2, 0) is 4.74 Å². The van der Waals surface area contributed by atoms with Gasteiger partial charge in [0.05, 0.1) is 12.2 Å². The molecular formula is C7H11O. The van der Waals surface area contributed by atoms with Crippen LogP contribution >= 0.6 is 0 Å². The van der Waals surface area contributed by atoms with Crippen molar-refractivity contribution in [2.75, 3.05) is 0 Å². The minimum absolute atomic E-state index is 0.605. The lowest BCUT2D eigenvalue weighted by Gasteiger charge is -2.18. The lowest BCUT2D eigenvalue weighted by molar-refractivity contribution is 0.0238. The van der Waals surface area contributed by atoms with Gasteiger partial charge in [-0.2, -0.15) is 0 Å². The minimum atomic E-state index is 0.605. The smallest absolute Gasteiger partial charge is 0.0582 e. The quantitative estimate of drug-likeness (QED) is 0.460. The van der Waals surface area contributed by atoms with Crippen LogP contribution in [0.25, 0.3) is 0 Å². The fourth-order valence-electron chi connectivity index (χ4n) is 1.59. The largest absolute Gasteiger partial charge is 0.375 e. The minimum Gasteiger partial charge on any atom is -0.375 e. The molecule has 0 unspecified atom stereocenters. The van der Waals surface area contributed by atoms with E-state index in [0.29, 0.717) is 12.2 Å². The first-order valence-electron chi connectivity index (χ1n) is 3.42. The molecule has 1 heteroatoms. The summed E-state index contributed by atoms with van der Waals surface area (Å²) >= 11 is 0. The van der Waals surface area contributed by atoms with Gasteiger partial charge in [-0.25, -0.2) is 0 Å². The average Bonchev–Trinajstić information content (AvgIpc) is 2.12. The Hall–Kier alpha value is -0.0400. The van der Waals surface area contributed by atoms with Crippen LogP contribution in [0.1, 0.15) is 25.7 Å². The van der Waals surface area contributed by atoms with E-state index in [1.54, 1.807) is 0 Å². The van der Waals surface area contributed by atoms with E-state index >= 15 is 0 Å². The summed E-state index contributed by atoms with van der Waals surface area (Å²) in [4.78, 5) is 0. The Morgan fingerprint density at radius 2 is 1.75 bits per heavy atom. The van der Waals surface area contributed by atoms with Crippen molar-refractivity contribution in [3.05, 3.63) is 6.42 Å². The first-order valence-corrected chi connectivity index (χ1v) is 3.42. The van der Waals surface area contributed by atoms with Crippen LogP contribution in [0, 0.1) is 6.42 Å². The molecule has 0 aromatic rings. The summed E-state index contributed by atoms with van der Waals surface area (Å²) in [6.45, 7) is 0. The maximum atomic E-state index is 5.57. The Balaban J connectivity index is 2.03. The molecule has 45 valence electrons. The SMILES string of the molecule is [CH]1C[C@H]2CC[C@H](C1)O2. The summed E-state index contributed by atoms with van der Waals surface area (Å²) < 4.78 is 5.57. The monoisotopic (exact) mass is 111 g/mol. The van der Waals surface area contributed by atoms with Crippen molar-refractivity contribution in [1.82, 2.24) is 0 Å². The molecule has 0 saturated carbocycles. The number of rotatable bonds is 0. The second-order valence-electron chi connectivity index (χ2n) is 2.72. The van der Waals surface area contributed by atoms with Gasteiger partial charge in [-0.1, -0.05) is 0 Å². The van der Waals surface area contributed by atoms with Crippen LogP contribution in [0.3, 0.4) is 0 Å². The van der Waals surface area contributed by atoms with E-state index in [0.717, 1.165) is 0 Å². The van der Waals surface area contributed by atoms with Gasteiger partial charge >= 0.3 is 0 Å². The molecule has 2 bridgehead atoms. The van der Waals surface area contributed by atoms with Crippen LogP contribution in [0.4, 0.5) is 0 Å². The Bertz CT molecular complexity index is 76.4. The van der Waals surface area contributed by atoms with Crippen LogP contribution in [0.5, 0.6) is 0 Å². The molecule has 2 fully saturated rings. The van der Waals surface area contributed by atoms with Gasteiger partial charge in [0.1, 0.15) is 0 Å². The van der Waals surface area contributed by atoms with Gasteiger partial charge in [-0.15, -0.1) is 0 Å². The van der Waals surface area contributed by atoms with Crippen molar-refractivity contribution in [2.24, 2.45) is 0 Å². The van der Waals surface area contributed by atoms with Gasteiger partial charge in [0.2, 0.25) is 0 Å². The summed E-state index contributed by atoms with van der Waals surface area (Å²) in [6.07, 6.45) is 8.60. The van der Waals surface area contributed by atoms with E-state index in [1.165, 1.54) is 25.7 Å². The predicted molar refractivity (Wildman–Crippen MR) is 31.4 cm³/mol. The van der Waals surface area contributed by atoms with Crippen LogP contribution < -0.4 is 0 Å². The summed E-state index contributed by atoms with van der Waals surface area (Å²) in [5.74, 6) is 0. The van der Waals surface area contributed by atoms with E-state index in [1.807, 2.05) is 0 Å². The van der Waals surface area contributed by atoms with Gasteiger partial charge in [0.15, 0.2) is 0 Å². The maximum absolute atomic E-state index is 5.57. The zero-order valence-electron chi connectivity index (χ0n) is 4.97. The van der Waals surface area contributed by atoms with E-state index < -0.39 is 0 Å². The third-order valence-corrected chi connectivity index (χ3v) is 2.05. The van der Waals surface area contributed by atoms with Gasteiger partial charge in [0.25, 0.3) is 0 Å². The Labute approximate surface area is 50.0 Å². The number of hydrogen-bond acceptors (Lipinski definition) is 1. The highest BCUT2D eigenvalue weighted by Crippen LogP contribution is 2.31. The molecule has 2 saturated heterocycles. The van der Waals surface area contributed by atoms with Crippen molar-refractivity contribution >= 4 is 0 Å². The first-order chi connectivity index (χ1) is 3.95. The molecule has 0 aromatic heterocycles. The average molecular weight is 111 g/mol. The van der Waals surface area contributed by atoms with E-state index in [9.17, 15) is 0 Å². The molecule has 0 aromatic carbocycles. The Morgan fingerprint density at radius 1 is 1.12 bits per heavy atom. The van der Waals surface area contributed by atoms with Crippen LogP contribution in [0.2, 0.25) is 0 Å². The van der Waals surface area contributed by atoms with Crippen molar-refractivity contribution in [1.29, 1.82) is 0 Å². The molecule has 0 N–H and O–H groups in total. The molecular weight excluding hydrogens is 100 g/mol. The zero-order valence-corrected chi connectivity index (χ0v) is 4.97. The molecule has 0 amide bonds. The number of hydrogen-bond donors (Lipinski definition) is 0. The lowest BCUT2D eigenvalue weighted by Crippen LogP contribution is -2.16. The van der Waals surface area contributed by atoms with Crippen molar-refractivity contribution in [2.45, 2.75) is 37.9 Å². The van der Waals surface area contributed by atoms with Crippen molar-refractivity contribution in [3.63, 3.8) is 0 Å². The van der Waals surface area contributed by atoms with E-state index in [4.69, 9.17) is 4.74 Å². The zero-order chi connectivity index (χ0) is 5.40. The third kappa shape index (κ3) is 0.655. The van der Waals surface area contributed by atoms with Gasteiger partial charge < -0.3 is 4.74 Å². The third-order valence-electron chi connectivity index (χ3n) is 2.05. The topological polar surface area (TPSA) is 9.23 Å². The standard InChI is InChI=1S/C7H11O/c1-2-6-4-5-7(3-1)8-6/h1,6-7H,2-5H2/t6-,7-/m0/s1. The second-order valence-corrected chi connectivity index (χ2v) is 2.72. The first kappa shape index (κ1) is 4.80. The summed E-state index contributed by atoms with van der Waals surface area (Å²) in [7, 11) is 0.